The van der Waals surface area contributed by atoms with Gasteiger partial charge < -0.3 is 4.57 Å². The van der Waals surface area contributed by atoms with Crippen molar-refractivity contribution in [3.8, 4) is 22.6 Å². The Morgan fingerprint density at radius 3 is 2.38 bits per heavy atom. The van der Waals surface area contributed by atoms with Crippen LogP contribution in [0.25, 0.3) is 33.5 Å². The third-order valence-electron chi connectivity index (χ3n) is 5.30. The summed E-state index contributed by atoms with van der Waals surface area (Å²) in [6.45, 7) is 4.40. The molecule has 0 amide bonds. The Labute approximate surface area is 154 Å². The van der Waals surface area contributed by atoms with Gasteiger partial charge in [-0.2, -0.15) is 9.13 Å². The molecule has 0 spiro atoms. The highest BCUT2D eigenvalue weighted by molar-refractivity contribution is 5.93. The molecule has 0 saturated heterocycles. The number of hydrogen-bond donors (Lipinski definition) is 0. The predicted octanol–water partition coefficient (Wildman–Crippen LogP) is 3.78. The van der Waals surface area contributed by atoms with Gasteiger partial charge in [0.1, 0.15) is 14.1 Å². The van der Waals surface area contributed by atoms with Crippen molar-refractivity contribution >= 4 is 10.9 Å². The minimum atomic E-state index is 1.22. The van der Waals surface area contributed by atoms with Gasteiger partial charge in [-0.1, -0.05) is 12.1 Å². The van der Waals surface area contributed by atoms with Gasteiger partial charge in [-0.15, -0.1) is 0 Å². The topological polar surface area (TPSA) is 12.7 Å². The number of rotatable bonds is 2. The minimum absolute atomic E-state index is 1.22. The Balaban J connectivity index is 2.09. The molecule has 3 heterocycles. The standard InChI is InChI=1S/C23H25N3/c1-16-15-17(2)22(20-11-6-7-13-24(20)3)26(5)21(16)19-10-8-9-18-12-14-25(4)23(18)19/h6-15H,1-5H3/q+2. The molecule has 130 valence electrons. The van der Waals surface area contributed by atoms with Crippen molar-refractivity contribution in [2.24, 2.45) is 21.1 Å². The van der Waals surface area contributed by atoms with Crippen LogP contribution in [-0.4, -0.2) is 4.57 Å². The molecule has 0 saturated carbocycles. The molecule has 0 aliphatic heterocycles. The van der Waals surface area contributed by atoms with Crippen LogP contribution in [0.4, 0.5) is 0 Å². The van der Waals surface area contributed by atoms with Crippen LogP contribution in [0.3, 0.4) is 0 Å². The number of aromatic nitrogens is 3. The summed E-state index contributed by atoms with van der Waals surface area (Å²) in [5, 5.41) is 1.27. The molecular weight excluding hydrogens is 318 g/mol. The first kappa shape index (κ1) is 16.5. The fourth-order valence-electron chi connectivity index (χ4n) is 4.19. The lowest BCUT2D eigenvalue weighted by molar-refractivity contribution is -0.685. The van der Waals surface area contributed by atoms with E-state index >= 15 is 0 Å². The number of benzene rings is 1. The molecule has 0 atom stereocenters. The summed E-state index contributed by atoms with van der Waals surface area (Å²) in [4.78, 5) is 0. The third kappa shape index (κ3) is 2.43. The van der Waals surface area contributed by atoms with E-state index in [1.807, 2.05) is 0 Å². The summed E-state index contributed by atoms with van der Waals surface area (Å²) in [6.07, 6.45) is 4.24. The van der Waals surface area contributed by atoms with Crippen molar-refractivity contribution in [2.75, 3.05) is 0 Å². The largest absolute Gasteiger partial charge is 0.350 e. The van der Waals surface area contributed by atoms with Gasteiger partial charge in [0.25, 0.3) is 11.4 Å². The van der Waals surface area contributed by atoms with Crippen LogP contribution in [0.15, 0.2) is 60.9 Å². The van der Waals surface area contributed by atoms with Crippen molar-refractivity contribution in [3.05, 3.63) is 72.1 Å². The van der Waals surface area contributed by atoms with Crippen LogP contribution in [0, 0.1) is 13.8 Å². The fraction of sp³-hybridized carbons (Fsp3) is 0.217. The van der Waals surface area contributed by atoms with Crippen LogP contribution in [0.5, 0.6) is 0 Å². The molecule has 0 fully saturated rings. The van der Waals surface area contributed by atoms with Crippen molar-refractivity contribution in [1.82, 2.24) is 4.57 Å². The normalized spacial score (nSPS) is 11.3. The number of pyridine rings is 2. The molecule has 0 aliphatic rings. The van der Waals surface area contributed by atoms with Gasteiger partial charge in [0.05, 0.1) is 11.1 Å². The van der Waals surface area contributed by atoms with Crippen LogP contribution in [0.2, 0.25) is 0 Å². The lowest BCUT2D eigenvalue weighted by Gasteiger charge is -2.12. The first-order valence-corrected chi connectivity index (χ1v) is 8.98. The lowest BCUT2D eigenvalue weighted by Crippen LogP contribution is -2.41. The highest BCUT2D eigenvalue weighted by atomic mass is 15.0. The second-order valence-corrected chi connectivity index (χ2v) is 7.13. The van der Waals surface area contributed by atoms with E-state index in [0.29, 0.717) is 0 Å². The summed E-state index contributed by atoms with van der Waals surface area (Å²) in [5.41, 5.74) is 8.86. The number of aryl methyl sites for hydroxylation is 4. The maximum atomic E-state index is 2.35. The lowest BCUT2D eigenvalue weighted by atomic mass is 9.99. The Morgan fingerprint density at radius 1 is 0.846 bits per heavy atom. The van der Waals surface area contributed by atoms with E-state index in [-0.39, 0.29) is 0 Å². The van der Waals surface area contributed by atoms with Crippen molar-refractivity contribution in [1.29, 1.82) is 0 Å². The Morgan fingerprint density at radius 2 is 1.62 bits per heavy atom. The van der Waals surface area contributed by atoms with Crippen molar-refractivity contribution < 1.29 is 9.13 Å². The van der Waals surface area contributed by atoms with Crippen molar-refractivity contribution in [3.63, 3.8) is 0 Å². The molecule has 4 rings (SSSR count). The second kappa shape index (κ2) is 6.10. The SMILES string of the molecule is Cc1cc(C)c(-c2cccc[n+]2C)[n+](C)c1-c1cccc2ccn(C)c12. The molecule has 4 aromatic rings. The Bertz CT molecular complexity index is 1140. The van der Waals surface area contributed by atoms with Gasteiger partial charge >= 0.3 is 0 Å². The molecule has 0 N–H and O–H groups in total. The van der Waals surface area contributed by atoms with Gasteiger partial charge in [0.2, 0.25) is 5.69 Å². The Hall–Kier alpha value is -2.94. The zero-order valence-electron chi connectivity index (χ0n) is 16.1. The molecule has 0 unspecified atom stereocenters. The highest BCUT2D eigenvalue weighted by Gasteiger charge is 2.28. The molecule has 3 aromatic heterocycles. The van der Waals surface area contributed by atoms with Gasteiger partial charge in [-0.25, -0.2) is 0 Å². The minimum Gasteiger partial charge on any atom is -0.350 e. The monoisotopic (exact) mass is 343 g/mol. The van der Waals surface area contributed by atoms with Gasteiger partial charge in [-0.05, 0) is 38.1 Å². The number of fused-ring (bicyclic) bond motifs is 1. The second-order valence-electron chi connectivity index (χ2n) is 7.13. The third-order valence-corrected chi connectivity index (χ3v) is 5.30. The molecular formula is C23H25N3+2. The molecule has 26 heavy (non-hydrogen) atoms. The molecule has 3 nitrogen and oxygen atoms in total. The predicted molar refractivity (Wildman–Crippen MR) is 106 cm³/mol. The smallest absolute Gasteiger partial charge is 0.280 e. The van der Waals surface area contributed by atoms with E-state index in [2.05, 4.69) is 110 Å². The fourth-order valence-corrected chi connectivity index (χ4v) is 4.19. The first-order chi connectivity index (χ1) is 12.5. The maximum Gasteiger partial charge on any atom is 0.280 e. The molecule has 3 heteroatoms. The number of hydrogen-bond acceptors (Lipinski definition) is 0. The van der Waals surface area contributed by atoms with E-state index in [9.17, 15) is 0 Å². The van der Waals surface area contributed by atoms with Gasteiger partial charge in [0.15, 0.2) is 6.20 Å². The van der Waals surface area contributed by atoms with E-state index in [0.717, 1.165) is 0 Å². The van der Waals surface area contributed by atoms with Crippen molar-refractivity contribution in [2.45, 2.75) is 13.8 Å². The van der Waals surface area contributed by atoms with Crippen LogP contribution in [0.1, 0.15) is 11.1 Å². The quantitative estimate of drug-likeness (QED) is 0.491. The van der Waals surface area contributed by atoms with Gasteiger partial charge in [-0.3, -0.25) is 0 Å². The van der Waals surface area contributed by atoms with Crippen LogP contribution >= 0.6 is 0 Å². The van der Waals surface area contributed by atoms with E-state index in [4.69, 9.17) is 0 Å². The number of nitrogens with zero attached hydrogens (tertiary/aromatic N) is 3. The van der Waals surface area contributed by atoms with Crippen LogP contribution < -0.4 is 9.13 Å². The average Bonchev–Trinajstić information content (AvgIpc) is 2.98. The summed E-state index contributed by atoms with van der Waals surface area (Å²) in [6, 6.07) is 17.4. The maximum absolute atomic E-state index is 2.35. The van der Waals surface area contributed by atoms with Gasteiger partial charge in [0, 0.05) is 41.9 Å². The zero-order chi connectivity index (χ0) is 18.4. The summed E-state index contributed by atoms with van der Waals surface area (Å²) in [7, 11) is 6.40. The zero-order valence-corrected chi connectivity index (χ0v) is 16.1. The number of para-hydroxylation sites is 1. The average molecular weight is 343 g/mol. The molecule has 0 radical (unpaired) electrons. The van der Waals surface area contributed by atoms with E-state index in [1.54, 1.807) is 0 Å². The van der Waals surface area contributed by atoms with Crippen LogP contribution in [-0.2, 0) is 21.1 Å². The summed E-state index contributed by atoms with van der Waals surface area (Å²) < 4.78 is 6.75. The Kier molecular flexibility index (Phi) is 3.87. The summed E-state index contributed by atoms with van der Waals surface area (Å²) in [5.74, 6) is 0. The highest BCUT2D eigenvalue weighted by Crippen LogP contribution is 2.31. The van der Waals surface area contributed by atoms with E-state index in [1.165, 1.54) is 44.7 Å². The summed E-state index contributed by atoms with van der Waals surface area (Å²) >= 11 is 0. The molecule has 1 aromatic carbocycles. The molecule has 0 bridgehead atoms. The van der Waals surface area contributed by atoms with E-state index < -0.39 is 0 Å². The molecule has 0 aliphatic carbocycles. The first-order valence-electron chi connectivity index (χ1n) is 8.98.